The standard InChI is InChI=1S/C24H34N2O7S/c1-15(2)13-18(22(29)26-19(23(30)31)14-17-9-6-5-7-10-17)25-21(28)12-8-11-20(24(32)33-4)34-16(3)27/h5-7,9-10,15,18-20H,8,11-14H2,1-4H3,(H,25,28)(H,26,29)(H,30,31)/t18?,19-,20?/m0/s1. The lowest BCUT2D eigenvalue weighted by Crippen LogP contribution is -2.52. The van der Waals surface area contributed by atoms with Crippen LogP contribution in [-0.2, 0) is 35.1 Å². The number of carbonyl (C=O) groups excluding carboxylic acids is 4. The first-order valence-corrected chi connectivity index (χ1v) is 12.0. The van der Waals surface area contributed by atoms with Crippen LogP contribution in [0.2, 0.25) is 0 Å². The molecule has 0 saturated heterocycles. The van der Waals surface area contributed by atoms with Gasteiger partial charge in [0.2, 0.25) is 11.8 Å². The highest BCUT2D eigenvalue weighted by atomic mass is 32.2. The summed E-state index contributed by atoms with van der Waals surface area (Å²) in [5.74, 6) is -2.58. The number of carbonyl (C=O) groups is 5. The van der Waals surface area contributed by atoms with E-state index in [9.17, 15) is 29.1 Å². The summed E-state index contributed by atoms with van der Waals surface area (Å²) in [6, 6.07) is 6.93. The molecule has 0 radical (unpaired) electrons. The Labute approximate surface area is 204 Å². The number of hydrogen-bond acceptors (Lipinski definition) is 7. The highest BCUT2D eigenvalue weighted by Gasteiger charge is 2.28. The van der Waals surface area contributed by atoms with Crippen LogP contribution >= 0.6 is 11.8 Å². The molecular formula is C24H34N2O7S. The largest absolute Gasteiger partial charge is 0.480 e. The third kappa shape index (κ3) is 11.3. The number of ether oxygens (including phenoxy) is 1. The van der Waals surface area contributed by atoms with Gasteiger partial charge in [0.15, 0.2) is 5.12 Å². The Hall–Kier alpha value is -2.88. The van der Waals surface area contributed by atoms with Crippen LogP contribution in [0.25, 0.3) is 0 Å². The third-order valence-electron chi connectivity index (χ3n) is 4.90. The van der Waals surface area contributed by atoms with E-state index in [1.165, 1.54) is 14.0 Å². The average Bonchev–Trinajstić information content (AvgIpc) is 2.76. The normalized spacial score (nSPS) is 13.4. The monoisotopic (exact) mass is 494 g/mol. The SMILES string of the molecule is COC(=O)C(CCCC(=O)NC(CC(C)C)C(=O)N[C@@H](Cc1ccccc1)C(=O)O)SC(C)=O. The summed E-state index contributed by atoms with van der Waals surface area (Å²) in [7, 11) is 1.24. The minimum absolute atomic E-state index is 0.0419. The number of benzene rings is 1. The molecule has 0 bridgehead atoms. The average molecular weight is 495 g/mol. The van der Waals surface area contributed by atoms with Gasteiger partial charge in [-0.25, -0.2) is 4.79 Å². The molecule has 0 fully saturated rings. The van der Waals surface area contributed by atoms with Crippen LogP contribution in [0.5, 0.6) is 0 Å². The minimum Gasteiger partial charge on any atom is -0.480 e. The molecule has 0 aliphatic heterocycles. The van der Waals surface area contributed by atoms with Crippen molar-refractivity contribution in [1.29, 1.82) is 0 Å². The molecule has 3 N–H and O–H groups in total. The molecule has 0 heterocycles. The Morgan fingerprint density at radius 3 is 2.21 bits per heavy atom. The molecule has 1 aromatic carbocycles. The number of hydrogen-bond donors (Lipinski definition) is 3. The number of carboxylic acid groups (broad SMARTS) is 1. The van der Waals surface area contributed by atoms with Gasteiger partial charge in [0.05, 0.1) is 7.11 Å². The number of esters is 1. The fourth-order valence-electron chi connectivity index (χ4n) is 3.30. The van der Waals surface area contributed by atoms with Crippen molar-refractivity contribution in [2.45, 2.75) is 70.2 Å². The van der Waals surface area contributed by atoms with Gasteiger partial charge in [-0.05, 0) is 30.7 Å². The molecule has 2 amide bonds. The third-order valence-corrected chi connectivity index (χ3v) is 5.94. The fourth-order valence-corrected chi connectivity index (χ4v) is 4.17. The van der Waals surface area contributed by atoms with Crippen molar-refractivity contribution in [3.05, 3.63) is 35.9 Å². The summed E-state index contributed by atoms with van der Waals surface area (Å²) >= 11 is 0.856. The smallest absolute Gasteiger partial charge is 0.326 e. The topological polar surface area (TPSA) is 139 Å². The predicted molar refractivity (Wildman–Crippen MR) is 129 cm³/mol. The summed E-state index contributed by atoms with van der Waals surface area (Å²) in [5.41, 5.74) is 0.767. The van der Waals surface area contributed by atoms with Gasteiger partial charge in [0.25, 0.3) is 0 Å². The molecule has 0 aromatic heterocycles. The van der Waals surface area contributed by atoms with Crippen LogP contribution in [-0.4, -0.2) is 58.4 Å². The van der Waals surface area contributed by atoms with Gasteiger partial charge in [-0.2, -0.15) is 0 Å². The Balaban J connectivity index is 2.73. The second-order valence-corrected chi connectivity index (χ2v) is 9.73. The Morgan fingerprint density at radius 2 is 1.68 bits per heavy atom. The molecule has 1 aromatic rings. The minimum atomic E-state index is -1.16. The number of nitrogens with one attached hydrogen (secondary N) is 2. The molecule has 1 rings (SSSR count). The highest BCUT2D eigenvalue weighted by Crippen LogP contribution is 2.19. The number of amides is 2. The van der Waals surface area contributed by atoms with E-state index in [1.54, 1.807) is 24.3 Å². The molecule has 10 heteroatoms. The van der Waals surface area contributed by atoms with E-state index < -0.39 is 41.1 Å². The van der Waals surface area contributed by atoms with Crippen LogP contribution in [0.15, 0.2) is 30.3 Å². The fraction of sp³-hybridized carbons (Fsp3) is 0.542. The number of carboxylic acids is 1. The molecule has 0 aliphatic carbocycles. The molecule has 3 atom stereocenters. The van der Waals surface area contributed by atoms with Crippen molar-refractivity contribution in [2.24, 2.45) is 5.92 Å². The second-order valence-electron chi connectivity index (χ2n) is 8.35. The maximum absolute atomic E-state index is 12.9. The first-order valence-electron chi connectivity index (χ1n) is 11.1. The maximum Gasteiger partial charge on any atom is 0.326 e. The van der Waals surface area contributed by atoms with Gasteiger partial charge in [0, 0.05) is 19.8 Å². The van der Waals surface area contributed by atoms with Crippen LogP contribution in [0.3, 0.4) is 0 Å². The Morgan fingerprint density at radius 1 is 1.03 bits per heavy atom. The van der Waals surface area contributed by atoms with Crippen molar-refractivity contribution < 1.29 is 33.8 Å². The van der Waals surface area contributed by atoms with E-state index in [0.717, 1.165) is 17.3 Å². The molecule has 0 spiro atoms. The number of aliphatic carboxylic acids is 1. The first-order chi connectivity index (χ1) is 16.0. The zero-order valence-corrected chi connectivity index (χ0v) is 20.9. The van der Waals surface area contributed by atoms with Crippen molar-refractivity contribution in [3.8, 4) is 0 Å². The van der Waals surface area contributed by atoms with Crippen molar-refractivity contribution in [1.82, 2.24) is 10.6 Å². The first kappa shape index (κ1) is 29.2. The van der Waals surface area contributed by atoms with Gasteiger partial charge in [-0.15, -0.1) is 0 Å². The van der Waals surface area contributed by atoms with Crippen LogP contribution < -0.4 is 10.6 Å². The molecule has 188 valence electrons. The molecular weight excluding hydrogens is 460 g/mol. The van der Waals surface area contributed by atoms with Crippen molar-refractivity contribution in [2.75, 3.05) is 7.11 Å². The van der Waals surface area contributed by atoms with Crippen LogP contribution in [0.1, 0.15) is 52.0 Å². The quantitative estimate of drug-likeness (QED) is 0.335. The lowest BCUT2D eigenvalue weighted by Gasteiger charge is -2.23. The highest BCUT2D eigenvalue weighted by molar-refractivity contribution is 8.14. The molecule has 34 heavy (non-hydrogen) atoms. The molecule has 0 aliphatic rings. The van der Waals surface area contributed by atoms with E-state index in [4.69, 9.17) is 4.74 Å². The zero-order valence-electron chi connectivity index (χ0n) is 20.0. The Bertz CT molecular complexity index is 845. The van der Waals surface area contributed by atoms with Gasteiger partial charge in [-0.3, -0.25) is 19.2 Å². The van der Waals surface area contributed by atoms with Gasteiger partial charge in [-0.1, -0.05) is 55.9 Å². The summed E-state index contributed by atoms with van der Waals surface area (Å²) in [5, 5.41) is 13.9. The predicted octanol–water partition coefficient (Wildman–Crippen LogP) is 2.32. The van der Waals surface area contributed by atoms with Gasteiger partial charge < -0.3 is 20.5 Å². The zero-order chi connectivity index (χ0) is 25.7. The van der Waals surface area contributed by atoms with E-state index in [-0.39, 0.29) is 30.3 Å². The summed E-state index contributed by atoms with van der Waals surface area (Å²) in [6.07, 6.45) is 1.07. The van der Waals surface area contributed by atoms with Gasteiger partial charge in [0.1, 0.15) is 17.3 Å². The lowest BCUT2D eigenvalue weighted by molar-refractivity contribution is -0.142. The van der Waals surface area contributed by atoms with E-state index in [1.807, 2.05) is 19.9 Å². The van der Waals surface area contributed by atoms with Gasteiger partial charge >= 0.3 is 11.9 Å². The molecule has 0 saturated carbocycles. The second kappa shape index (κ2) is 15.1. The summed E-state index contributed by atoms with van der Waals surface area (Å²) in [4.78, 5) is 60.2. The lowest BCUT2D eigenvalue weighted by atomic mass is 10.0. The van der Waals surface area contributed by atoms with Crippen molar-refractivity contribution >= 4 is 40.6 Å². The van der Waals surface area contributed by atoms with E-state index in [2.05, 4.69) is 10.6 Å². The van der Waals surface area contributed by atoms with E-state index >= 15 is 0 Å². The van der Waals surface area contributed by atoms with Crippen LogP contribution in [0, 0.1) is 5.92 Å². The number of methoxy groups -OCH3 is 1. The molecule has 2 unspecified atom stereocenters. The summed E-state index contributed by atoms with van der Waals surface area (Å²) < 4.78 is 4.70. The number of thioether (sulfide) groups is 1. The molecule has 9 nitrogen and oxygen atoms in total. The summed E-state index contributed by atoms with van der Waals surface area (Å²) in [6.45, 7) is 5.14. The van der Waals surface area contributed by atoms with E-state index in [0.29, 0.717) is 12.8 Å². The van der Waals surface area contributed by atoms with Crippen molar-refractivity contribution in [3.63, 3.8) is 0 Å². The maximum atomic E-state index is 12.9. The number of rotatable bonds is 14. The Kier molecular flexibility index (Phi) is 13.0. The van der Waals surface area contributed by atoms with Crippen LogP contribution in [0.4, 0.5) is 0 Å².